The molecule has 1 aliphatic rings. The Labute approximate surface area is 194 Å². The number of aliphatic hydroxyl groups excluding tert-OH is 1. The third-order valence-electron chi connectivity index (χ3n) is 6.80. The molecule has 1 fully saturated rings. The Morgan fingerprint density at radius 3 is 2.50 bits per heavy atom. The van der Waals surface area contributed by atoms with E-state index in [0.29, 0.717) is 25.0 Å². The van der Waals surface area contributed by atoms with E-state index in [-0.39, 0.29) is 23.7 Å². The number of allylic oxidation sites excluding steroid dienone is 1. The summed E-state index contributed by atoms with van der Waals surface area (Å²) in [5.41, 5.74) is 0. The number of unbranched alkanes of at least 4 members (excludes halogenated alkanes) is 5. The quantitative estimate of drug-likeness (QED) is 0.212. The first-order chi connectivity index (χ1) is 15.3. The second-order valence-electron chi connectivity index (χ2n) is 9.45. The van der Waals surface area contributed by atoms with Crippen LogP contribution in [0.3, 0.4) is 0 Å². The number of carbonyl (C=O) groups excluding carboxylic acids is 2. The summed E-state index contributed by atoms with van der Waals surface area (Å²) < 4.78 is 0. The third kappa shape index (κ3) is 10.8. The van der Waals surface area contributed by atoms with E-state index in [1.165, 1.54) is 0 Å². The van der Waals surface area contributed by atoms with Crippen LogP contribution in [-0.4, -0.2) is 40.0 Å². The van der Waals surface area contributed by atoms with Gasteiger partial charge in [-0.15, -0.1) is 0 Å². The molecule has 32 heavy (non-hydrogen) atoms. The molecule has 0 heterocycles. The number of amides is 1. The van der Waals surface area contributed by atoms with E-state index in [2.05, 4.69) is 18.3 Å². The van der Waals surface area contributed by atoms with Crippen molar-refractivity contribution in [3.05, 3.63) is 12.2 Å². The van der Waals surface area contributed by atoms with Crippen LogP contribution >= 0.6 is 0 Å². The zero-order valence-corrected chi connectivity index (χ0v) is 20.4. The van der Waals surface area contributed by atoms with Crippen molar-refractivity contribution in [2.45, 2.75) is 116 Å². The molecule has 6 heteroatoms. The van der Waals surface area contributed by atoms with Gasteiger partial charge in [0.25, 0.3) is 0 Å². The lowest BCUT2D eigenvalue weighted by molar-refractivity contribution is -0.143. The van der Waals surface area contributed by atoms with Gasteiger partial charge in [-0.2, -0.15) is 0 Å². The van der Waals surface area contributed by atoms with Crippen molar-refractivity contribution in [1.29, 1.82) is 0 Å². The van der Waals surface area contributed by atoms with Crippen LogP contribution in [0.25, 0.3) is 0 Å². The van der Waals surface area contributed by atoms with E-state index in [1.807, 2.05) is 19.9 Å². The minimum atomic E-state index is -0.981. The molecule has 0 aromatic rings. The van der Waals surface area contributed by atoms with E-state index in [1.54, 1.807) is 0 Å². The van der Waals surface area contributed by atoms with Gasteiger partial charge in [-0.3, -0.25) is 9.59 Å². The van der Waals surface area contributed by atoms with Crippen molar-refractivity contribution in [3.8, 4) is 0 Å². The highest BCUT2D eigenvalue weighted by Crippen LogP contribution is 2.34. The third-order valence-corrected chi connectivity index (χ3v) is 6.80. The molecule has 184 valence electrons. The number of aliphatic hydroxyl groups is 1. The average molecular weight is 452 g/mol. The van der Waals surface area contributed by atoms with Crippen LogP contribution in [0.5, 0.6) is 0 Å². The van der Waals surface area contributed by atoms with Crippen LogP contribution in [0.4, 0.5) is 0 Å². The number of carboxylic acid groups (broad SMARTS) is 1. The summed E-state index contributed by atoms with van der Waals surface area (Å²) in [5, 5.41) is 22.0. The Kier molecular flexibility index (Phi) is 14.2. The zero-order chi connectivity index (χ0) is 23.9. The first kappa shape index (κ1) is 28.3. The van der Waals surface area contributed by atoms with Gasteiger partial charge in [-0.1, -0.05) is 77.9 Å². The summed E-state index contributed by atoms with van der Waals surface area (Å²) in [6.45, 7) is 5.89. The number of ketones is 1. The summed E-state index contributed by atoms with van der Waals surface area (Å²) in [4.78, 5) is 35.7. The summed E-state index contributed by atoms with van der Waals surface area (Å²) >= 11 is 0. The topological polar surface area (TPSA) is 104 Å². The molecule has 1 amide bonds. The maximum absolute atomic E-state index is 12.3. The molecule has 0 saturated heterocycles. The van der Waals surface area contributed by atoms with Gasteiger partial charge in [-0.05, 0) is 37.5 Å². The first-order valence-corrected chi connectivity index (χ1v) is 12.7. The lowest BCUT2D eigenvalue weighted by atomic mass is 9.89. The van der Waals surface area contributed by atoms with Gasteiger partial charge in [0.05, 0.1) is 6.10 Å². The maximum atomic E-state index is 12.3. The molecule has 1 rings (SSSR count). The molecule has 0 aromatic heterocycles. The van der Waals surface area contributed by atoms with Crippen molar-refractivity contribution in [3.63, 3.8) is 0 Å². The molecule has 1 saturated carbocycles. The monoisotopic (exact) mass is 451 g/mol. The molecule has 1 aliphatic carbocycles. The van der Waals surface area contributed by atoms with E-state index < -0.39 is 18.1 Å². The van der Waals surface area contributed by atoms with E-state index in [0.717, 1.165) is 64.2 Å². The minimum Gasteiger partial charge on any atom is -0.480 e. The molecular weight excluding hydrogens is 406 g/mol. The molecular formula is C26H45NO5. The lowest BCUT2D eigenvalue weighted by Gasteiger charge is -2.20. The van der Waals surface area contributed by atoms with Gasteiger partial charge in [0.15, 0.2) is 0 Å². The molecule has 0 aromatic carbocycles. The number of hydrogen-bond donors (Lipinski definition) is 3. The van der Waals surface area contributed by atoms with Crippen LogP contribution in [-0.2, 0) is 14.4 Å². The normalized spacial score (nSPS) is 21.6. The predicted octanol–water partition coefficient (Wildman–Crippen LogP) is 5.04. The average Bonchev–Trinajstić information content (AvgIpc) is 3.11. The van der Waals surface area contributed by atoms with Crippen molar-refractivity contribution in [2.75, 3.05) is 0 Å². The Bertz CT molecular complexity index is 603. The molecule has 0 spiro atoms. The zero-order valence-electron chi connectivity index (χ0n) is 20.4. The van der Waals surface area contributed by atoms with Crippen molar-refractivity contribution < 1.29 is 24.6 Å². The Hall–Kier alpha value is -1.69. The fraction of sp³-hybridized carbons (Fsp3) is 0.808. The molecule has 5 atom stereocenters. The number of aliphatic carboxylic acids is 1. The Balaban J connectivity index is 2.28. The van der Waals surface area contributed by atoms with Gasteiger partial charge in [0.1, 0.15) is 11.8 Å². The summed E-state index contributed by atoms with van der Waals surface area (Å²) in [6, 6.07) is -0.823. The van der Waals surface area contributed by atoms with Crippen LogP contribution in [0.15, 0.2) is 12.2 Å². The molecule has 0 bridgehead atoms. The van der Waals surface area contributed by atoms with Crippen LogP contribution in [0.2, 0.25) is 0 Å². The smallest absolute Gasteiger partial charge is 0.326 e. The van der Waals surface area contributed by atoms with Crippen LogP contribution < -0.4 is 5.32 Å². The molecule has 0 radical (unpaired) electrons. The number of Topliss-reactive ketones (excluding diaryl/α,β-unsaturated/α-hetero) is 1. The predicted molar refractivity (Wildman–Crippen MR) is 127 cm³/mol. The van der Waals surface area contributed by atoms with Crippen molar-refractivity contribution in [1.82, 2.24) is 5.32 Å². The second kappa shape index (κ2) is 16.0. The fourth-order valence-electron chi connectivity index (χ4n) is 4.44. The SMILES string of the molecule is CCCCC[C@H](O)/C=C/[C@H]1CCC(=O)[C@@H]1CCCCCCC(=O)NC(C(=O)O)C(C)CC. The molecule has 2 unspecified atom stereocenters. The van der Waals surface area contributed by atoms with Gasteiger partial charge in [0.2, 0.25) is 5.91 Å². The highest BCUT2D eigenvalue weighted by Gasteiger charge is 2.32. The van der Waals surface area contributed by atoms with E-state index >= 15 is 0 Å². The Morgan fingerprint density at radius 1 is 1.12 bits per heavy atom. The number of carboxylic acids is 1. The Morgan fingerprint density at radius 2 is 1.84 bits per heavy atom. The number of carbonyl (C=O) groups is 3. The molecule has 0 aliphatic heterocycles. The van der Waals surface area contributed by atoms with E-state index in [9.17, 15) is 24.6 Å². The summed E-state index contributed by atoms with van der Waals surface area (Å²) in [5.74, 6) is -0.645. The maximum Gasteiger partial charge on any atom is 0.326 e. The minimum absolute atomic E-state index is 0.0595. The number of rotatable bonds is 17. The molecule has 6 nitrogen and oxygen atoms in total. The van der Waals surface area contributed by atoms with E-state index in [4.69, 9.17) is 0 Å². The molecule has 3 N–H and O–H groups in total. The van der Waals surface area contributed by atoms with Crippen molar-refractivity contribution in [2.24, 2.45) is 17.8 Å². The van der Waals surface area contributed by atoms with Gasteiger partial charge < -0.3 is 15.5 Å². The van der Waals surface area contributed by atoms with Gasteiger partial charge in [-0.25, -0.2) is 4.79 Å². The fourth-order valence-corrected chi connectivity index (χ4v) is 4.44. The van der Waals surface area contributed by atoms with Crippen LogP contribution in [0.1, 0.15) is 104 Å². The van der Waals surface area contributed by atoms with Gasteiger partial charge in [0, 0.05) is 18.8 Å². The van der Waals surface area contributed by atoms with Crippen molar-refractivity contribution >= 4 is 17.7 Å². The standard InChI is InChI=1S/C26H45NO5/c1-4-6-9-12-21(28)17-15-20-16-18-23(29)22(20)13-10-7-8-11-14-24(30)27-25(26(31)32)19(3)5-2/h15,17,19-22,25,28H,4-14,16,18H2,1-3H3,(H,27,30)(H,31,32)/b17-15+/t19?,20-,21-,22+,25?/m0/s1. The largest absolute Gasteiger partial charge is 0.480 e. The summed E-state index contributed by atoms with van der Waals surface area (Å²) in [7, 11) is 0. The highest BCUT2D eigenvalue weighted by atomic mass is 16.4. The summed E-state index contributed by atoms with van der Waals surface area (Å²) in [6.07, 6.45) is 14.6. The second-order valence-corrected chi connectivity index (χ2v) is 9.45. The van der Waals surface area contributed by atoms with Crippen LogP contribution in [0, 0.1) is 17.8 Å². The number of hydrogen-bond acceptors (Lipinski definition) is 4. The first-order valence-electron chi connectivity index (χ1n) is 12.7. The lowest BCUT2D eigenvalue weighted by Crippen LogP contribution is -2.44. The number of nitrogens with one attached hydrogen (secondary N) is 1. The highest BCUT2D eigenvalue weighted by molar-refractivity contribution is 5.84. The van der Waals surface area contributed by atoms with Gasteiger partial charge >= 0.3 is 5.97 Å².